The molecule has 1 heterocycles. The SMILES string of the molecule is CCC=C1CCC[SiH](C)O1.O. The maximum atomic E-state index is 5.73. The van der Waals surface area contributed by atoms with Crippen molar-refractivity contribution in [1.29, 1.82) is 0 Å². The first-order valence-corrected chi connectivity index (χ1v) is 6.63. The smallest absolute Gasteiger partial charge is 0.232 e. The first-order chi connectivity index (χ1) is 4.83. The molecule has 0 amide bonds. The van der Waals surface area contributed by atoms with Crippen LogP contribution in [0.5, 0.6) is 0 Å². The van der Waals surface area contributed by atoms with Gasteiger partial charge in [0.1, 0.15) is 0 Å². The van der Waals surface area contributed by atoms with Crippen LogP contribution in [0, 0.1) is 0 Å². The first-order valence-electron chi connectivity index (χ1n) is 4.18. The molecule has 1 rings (SSSR count). The quantitative estimate of drug-likeness (QED) is 0.557. The third-order valence-corrected chi connectivity index (χ3v) is 3.74. The van der Waals surface area contributed by atoms with Crippen molar-refractivity contribution in [3.63, 3.8) is 0 Å². The second-order valence-corrected chi connectivity index (χ2v) is 5.33. The van der Waals surface area contributed by atoms with Gasteiger partial charge in [0, 0.05) is 6.42 Å². The molecule has 1 atom stereocenters. The average molecular weight is 174 g/mol. The van der Waals surface area contributed by atoms with E-state index in [0.717, 1.165) is 6.42 Å². The van der Waals surface area contributed by atoms with Crippen LogP contribution in [-0.2, 0) is 4.43 Å². The third kappa shape index (κ3) is 3.58. The summed E-state index contributed by atoms with van der Waals surface area (Å²) in [7, 11) is -0.752. The van der Waals surface area contributed by atoms with Crippen molar-refractivity contribution in [2.75, 3.05) is 0 Å². The molecule has 1 saturated heterocycles. The van der Waals surface area contributed by atoms with E-state index in [9.17, 15) is 0 Å². The molecule has 0 bridgehead atoms. The van der Waals surface area contributed by atoms with Crippen LogP contribution in [0.4, 0.5) is 0 Å². The molecule has 2 N–H and O–H groups in total. The van der Waals surface area contributed by atoms with Crippen molar-refractivity contribution < 1.29 is 9.90 Å². The van der Waals surface area contributed by atoms with Gasteiger partial charge in [0.05, 0.1) is 5.76 Å². The Kier molecular flexibility index (Phi) is 5.24. The summed E-state index contributed by atoms with van der Waals surface area (Å²) in [5.74, 6) is 1.27. The van der Waals surface area contributed by atoms with E-state index < -0.39 is 9.04 Å². The fourth-order valence-electron chi connectivity index (χ4n) is 1.32. The van der Waals surface area contributed by atoms with E-state index in [1.807, 2.05) is 0 Å². The Morgan fingerprint density at radius 3 is 2.91 bits per heavy atom. The van der Waals surface area contributed by atoms with E-state index in [0.29, 0.717) is 0 Å². The largest absolute Gasteiger partial charge is 0.550 e. The van der Waals surface area contributed by atoms with Gasteiger partial charge in [-0.15, -0.1) is 0 Å². The summed E-state index contributed by atoms with van der Waals surface area (Å²) in [6, 6.07) is 1.36. The van der Waals surface area contributed by atoms with Gasteiger partial charge in [0.25, 0.3) is 0 Å². The molecule has 0 aliphatic carbocycles. The molecule has 0 aromatic rings. The van der Waals surface area contributed by atoms with Gasteiger partial charge in [0.15, 0.2) is 0 Å². The highest BCUT2D eigenvalue weighted by atomic mass is 28.3. The lowest BCUT2D eigenvalue weighted by Crippen LogP contribution is -2.17. The van der Waals surface area contributed by atoms with Crippen LogP contribution >= 0.6 is 0 Å². The Hall–Kier alpha value is -0.283. The Balaban J connectivity index is 0.000001000. The minimum absolute atomic E-state index is 0. The minimum atomic E-state index is -0.752. The van der Waals surface area contributed by atoms with E-state index >= 15 is 0 Å². The minimum Gasteiger partial charge on any atom is -0.550 e. The lowest BCUT2D eigenvalue weighted by atomic mass is 10.2. The molecule has 1 aliphatic heterocycles. The summed E-state index contributed by atoms with van der Waals surface area (Å²) < 4.78 is 5.73. The van der Waals surface area contributed by atoms with Crippen LogP contribution < -0.4 is 0 Å². The second-order valence-electron chi connectivity index (χ2n) is 2.90. The molecule has 66 valence electrons. The highest BCUT2D eigenvalue weighted by Crippen LogP contribution is 2.20. The van der Waals surface area contributed by atoms with Gasteiger partial charge in [-0.3, -0.25) is 0 Å². The average Bonchev–Trinajstić information content (AvgIpc) is 1.88. The summed E-state index contributed by atoms with van der Waals surface area (Å²) in [5.41, 5.74) is 0. The topological polar surface area (TPSA) is 40.7 Å². The van der Waals surface area contributed by atoms with Crippen LogP contribution in [-0.4, -0.2) is 14.5 Å². The zero-order chi connectivity index (χ0) is 7.40. The zero-order valence-corrected chi connectivity index (χ0v) is 8.55. The maximum absolute atomic E-state index is 5.73. The molecule has 1 aliphatic rings. The molecular weight excluding hydrogens is 156 g/mol. The standard InChI is InChI=1S/C8H16OSi.H2O/c1-3-5-8-6-4-7-10(2)9-8;/h5,10H,3-4,6-7H2,1-2H3;1H2. The Bertz CT molecular complexity index is 134. The second kappa shape index (κ2) is 5.38. The predicted molar refractivity (Wildman–Crippen MR) is 50.1 cm³/mol. The van der Waals surface area contributed by atoms with Crippen molar-refractivity contribution >= 4 is 9.04 Å². The number of hydrogen-bond acceptors (Lipinski definition) is 1. The van der Waals surface area contributed by atoms with Gasteiger partial charge in [-0.05, 0) is 31.5 Å². The van der Waals surface area contributed by atoms with Gasteiger partial charge in [-0.1, -0.05) is 6.92 Å². The highest BCUT2D eigenvalue weighted by Gasteiger charge is 2.13. The van der Waals surface area contributed by atoms with E-state index in [4.69, 9.17) is 4.43 Å². The van der Waals surface area contributed by atoms with Crippen molar-refractivity contribution in [2.45, 2.75) is 38.8 Å². The number of hydrogen-bond donors (Lipinski definition) is 0. The van der Waals surface area contributed by atoms with Gasteiger partial charge >= 0.3 is 0 Å². The molecular formula is C8H18O2Si. The van der Waals surface area contributed by atoms with E-state index in [1.165, 1.54) is 24.6 Å². The molecule has 1 unspecified atom stereocenters. The van der Waals surface area contributed by atoms with Crippen molar-refractivity contribution in [1.82, 2.24) is 0 Å². The molecule has 2 nitrogen and oxygen atoms in total. The number of rotatable bonds is 1. The lowest BCUT2D eigenvalue weighted by molar-refractivity contribution is 0.382. The van der Waals surface area contributed by atoms with Crippen LogP contribution in [0.15, 0.2) is 11.8 Å². The molecule has 0 aromatic carbocycles. The molecule has 0 spiro atoms. The summed E-state index contributed by atoms with van der Waals surface area (Å²) in [6.07, 6.45) is 5.89. The molecule has 11 heavy (non-hydrogen) atoms. The first kappa shape index (κ1) is 10.7. The summed E-state index contributed by atoms with van der Waals surface area (Å²) in [4.78, 5) is 0. The molecule has 0 aromatic heterocycles. The highest BCUT2D eigenvalue weighted by molar-refractivity contribution is 6.50. The van der Waals surface area contributed by atoms with Crippen LogP contribution in [0.3, 0.4) is 0 Å². The molecule has 0 radical (unpaired) electrons. The van der Waals surface area contributed by atoms with Gasteiger partial charge < -0.3 is 9.90 Å². The Labute approximate surface area is 70.3 Å². The van der Waals surface area contributed by atoms with Gasteiger partial charge in [-0.2, -0.15) is 0 Å². The normalized spacial score (nSPS) is 27.5. The summed E-state index contributed by atoms with van der Waals surface area (Å²) >= 11 is 0. The van der Waals surface area contributed by atoms with Crippen LogP contribution in [0.1, 0.15) is 26.2 Å². The Morgan fingerprint density at radius 1 is 1.64 bits per heavy atom. The molecule has 3 heteroatoms. The van der Waals surface area contributed by atoms with Crippen molar-refractivity contribution in [2.24, 2.45) is 0 Å². The fourth-order valence-corrected chi connectivity index (χ4v) is 2.95. The van der Waals surface area contributed by atoms with Crippen molar-refractivity contribution in [3.05, 3.63) is 11.8 Å². The van der Waals surface area contributed by atoms with Crippen LogP contribution in [0.25, 0.3) is 0 Å². The monoisotopic (exact) mass is 174 g/mol. The molecule has 0 saturated carbocycles. The van der Waals surface area contributed by atoms with E-state index in [2.05, 4.69) is 19.5 Å². The fraction of sp³-hybridized carbons (Fsp3) is 0.750. The maximum Gasteiger partial charge on any atom is 0.232 e. The summed E-state index contributed by atoms with van der Waals surface area (Å²) in [5, 5.41) is 0. The van der Waals surface area contributed by atoms with E-state index in [1.54, 1.807) is 0 Å². The third-order valence-electron chi connectivity index (χ3n) is 1.82. The van der Waals surface area contributed by atoms with Gasteiger partial charge in [-0.25, -0.2) is 0 Å². The number of allylic oxidation sites excluding steroid dienone is 2. The van der Waals surface area contributed by atoms with Gasteiger partial charge in [0.2, 0.25) is 9.04 Å². The predicted octanol–water partition coefficient (Wildman–Crippen LogP) is 1.62. The Morgan fingerprint density at radius 2 is 2.36 bits per heavy atom. The van der Waals surface area contributed by atoms with Crippen LogP contribution in [0.2, 0.25) is 12.6 Å². The zero-order valence-electron chi connectivity index (χ0n) is 7.39. The molecule has 1 fully saturated rings. The van der Waals surface area contributed by atoms with Crippen molar-refractivity contribution in [3.8, 4) is 0 Å². The summed E-state index contributed by atoms with van der Waals surface area (Å²) in [6.45, 7) is 4.44. The lowest BCUT2D eigenvalue weighted by Gasteiger charge is -2.21. The van der Waals surface area contributed by atoms with E-state index in [-0.39, 0.29) is 5.48 Å².